The van der Waals surface area contributed by atoms with Crippen LogP contribution in [0.4, 0.5) is 5.95 Å². The van der Waals surface area contributed by atoms with Crippen LogP contribution in [0, 0.1) is 5.41 Å². The SMILES string of the molecule is CNC(=O)C1(C)CCN(c2ncc(Br)c(OC)n2)C1. The lowest BCUT2D eigenvalue weighted by atomic mass is 9.89. The minimum atomic E-state index is -0.390. The number of aromatic nitrogens is 2. The van der Waals surface area contributed by atoms with Crippen molar-refractivity contribution in [2.45, 2.75) is 13.3 Å². The van der Waals surface area contributed by atoms with Crippen molar-refractivity contribution in [1.82, 2.24) is 15.3 Å². The van der Waals surface area contributed by atoms with E-state index < -0.39 is 5.41 Å². The van der Waals surface area contributed by atoms with Gasteiger partial charge in [-0.15, -0.1) is 0 Å². The lowest BCUT2D eigenvalue weighted by Gasteiger charge is -2.22. The molecule has 1 saturated heterocycles. The van der Waals surface area contributed by atoms with Gasteiger partial charge in [-0.1, -0.05) is 0 Å². The highest BCUT2D eigenvalue weighted by atomic mass is 79.9. The average Bonchev–Trinajstić information content (AvgIpc) is 2.82. The van der Waals surface area contributed by atoms with Gasteiger partial charge in [-0.3, -0.25) is 4.79 Å². The van der Waals surface area contributed by atoms with E-state index in [4.69, 9.17) is 4.74 Å². The van der Waals surface area contributed by atoms with Gasteiger partial charge in [0.15, 0.2) is 0 Å². The van der Waals surface area contributed by atoms with Crippen LogP contribution in [0.3, 0.4) is 0 Å². The minimum absolute atomic E-state index is 0.0547. The van der Waals surface area contributed by atoms with Gasteiger partial charge >= 0.3 is 0 Å². The number of carbonyl (C=O) groups is 1. The van der Waals surface area contributed by atoms with Crippen molar-refractivity contribution >= 4 is 27.8 Å². The summed E-state index contributed by atoms with van der Waals surface area (Å²) in [5.41, 5.74) is -0.390. The van der Waals surface area contributed by atoms with E-state index in [1.807, 2.05) is 11.8 Å². The third-order valence-corrected chi connectivity index (χ3v) is 3.97. The number of nitrogens with zero attached hydrogens (tertiary/aromatic N) is 3. The van der Waals surface area contributed by atoms with Crippen LogP contribution in [-0.4, -0.2) is 43.1 Å². The number of anilines is 1. The van der Waals surface area contributed by atoms with Crippen molar-refractivity contribution in [2.24, 2.45) is 5.41 Å². The van der Waals surface area contributed by atoms with E-state index in [9.17, 15) is 4.79 Å². The van der Waals surface area contributed by atoms with Gasteiger partial charge < -0.3 is 15.0 Å². The molecular formula is C12H17BrN4O2. The first kappa shape index (κ1) is 14.0. The summed E-state index contributed by atoms with van der Waals surface area (Å²) < 4.78 is 5.88. The van der Waals surface area contributed by atoms with Crippen LogP contribution in [0.5, 0.6) is 5.88 Å². The quantitative estimate of drug-likeness (QED) is 0.903. The van der Waals surface area contributed by atoms with Gasteiger partial charge in [-0.05, 0) is 29.3 Å². The fourth-order valence-electron chi connectivity index (χ4n) is 2.26. The van der Waals surface area contributed by atoms with Gasteiger partial charge in [-0.25, -0.2) is 4.98 Å². The summed E-state index contributed by atoms with van der Waals surface area (Å²) in [6.07, 6.45) is 2.45. The molecule has 1 aromatic rings. The minimum Gasteiger partial charge on any atom is -0.480 e. The summed E-state index contributed by atoms with van der Waals surface area (Å²) in [6, 6.07) is 0. The van der Waals surface area contributed by atoms with E-state index in [-0.39, 0.29) is 5.91 Å². The van der Waals surface area contributed by atoms with Crippen LogP contribution in [0.25, 0.3) is 0 Å². The molecule has 104 valence electrons. The maximum Gasteiger partial charge on any atom is 0.232 e. The Morgan fingerprint density at radius 1 is 1.63 bits per heavy atom. The lowest BCUT2D eigenvalue weighted by Crippen LogP contribution is -2.39. The molecule has 1 aromatic heterocycles. The first-order chi connectivity index (χ1) is 9.00. The van der Waals surface area contributed by atoms with Gasteiger partial charge in [0.25, 0.3) is 0 Å². The number of carbonyl (C=O) groups excluding carboxylic acids is 1. The van der Waals surface area contributed by atoms with E-state index in [1.165, 1.54) is 0 Å². The topological polar surface area (TPSA) is 67.4 Å². The molecule has 0 saturated carbocycles. The zero-order valence-corrected chi connectivity index (χ0v) is 12.8. The van der Waals surface area contributed by atoms with E-state index in [0.717, 1.165) is 13.0 Å². The molecule has 1 fully saturated rings. The molecule has 1 amide bonds. The van der Waals surface area contributed by atoms with E-state index in [2.05, 4.69) is 31.2 Å². The number of methoxy groups -OCH3 is 1. The second kappa shape index (κ2) is 5.32. The summed E-state index contributed by atoms with van der Waals surface area (Å²) in [7, 11) is 3.23. The van der Waals surface area contributed by atoms with E-state index >= 15 is 0 Å². The summed E-state index contributed by atoms with van der Waals surface area (Å²) >= 11 is 3.32. The highest BCUT2D eigenvalue weighted by Gasteiger charge is 2.40. The fourth-order valence-corrected chi connectivity index (χ4v) is 2.61. The van der Waals surface area contributed by atoms with E-state index in [1.54, 1.807) is 20.4 Å². The van der Waals surface area contributed by atoms with Gasteiger partial charge in [0.05, 0.1) is 23.2 Å². The molecule has 0 spiro atoms. The van der Waals surface area contributed by atoms with Crippen molar-refractivity contribution in [2.75, 3.05) is 32.1 Å². The van der Waals surface area contributed by atoms with Gasteiger partial charge in [0.1, 0.15) is 0 Å². The molecule has 0 aliphatic carbocycles. The molecule has 0 radical (unpaired) electrons. The number of hydrogen-bond acceptors (Lipinski definition) is 5. The van der Waals surface area contributed by atoms with Crippen LogP contribution in [0.2, 0.25) is 0 Å². The maximum atomic E-state index is 11.9. The largest absolute Gasteiger partial charge is 0.480 e. The van der Waals surface area contributed by atoms with Crippen LogP contribution in [0.15, 0.2) is 10.7 Å². The molecule has 6 nitrogen and oxygen atoms in total. The molecule has 0 aromatic carbocycles. The van der Waals surface area contributed by atoms with Crippen molar-refractivity contribution in [3.05, 3.63) is 10.7 Å². The maximum absolute atomic E-state index is 11.9. The fraction of sp³-hybridized carbons (Fsp3) is 0.583. The average molecular weight is 329 g/mol. The van der Waals surface area contributed by atoms with Crippen molar-refractivity contribution in [1.29, 1.82) is 0 Å². The standard InChI is InChI=1S/C12H17BrN4O2/c1-12(10(18)14-2)4-5-17(7-12)11-15-6-8(13)9(16-11)19-3/h6H,4-5,7H2,1-3H3,(H,14,18). The van der Waals surface area contributed by atoms with Crippen LogP contribution in [0.1, 0.15) is 13.3 Å². The van der Waals surface area contributed by atoms with Gasteiger partial charge in [0, 0.05) is 20.1 Å². The Morgan fingerprint density at radius 2 is 2.37 bits per heavy atom. The molecule has 19 heavy (non-hydrogen) atoms. The predicted octanol–water partition coefficient (Wildman–Crippen LogP) is 1.21. The van der Waals surface area contributed by atoms with Crippen molar-refractivity contribution in [3.63, 3.8) is 0 Å². The molecule has 1 N–H and O–H groups in total. The Labute approximate surface area is 120 Å². The van der Waals surface area contributed by atoms with Crippen molar-refractivity contribution in [3.8, 4) is 5.88 Å². The number of amides is 1. The van der Waals surface area contributed by atoms with Gasteiger partial charge in [0.2, 0.25) is 17.7 Å². The lowest BCUT2D eigenvalue weighted by molar-refractivity contribution is -0.128. The normalized spacial score (nSPS) is 22.4. The van der Waals surface area contributed by atoms with Crippen molar-refractivity contribution < 1.29 is 9.53 Å². The van der Waals surface area contributed by atoms with Crippen LogP contribution in [-0.2, 0) is 4.79 Å². The molecule has 1 unspecified atom stereocenters. The second-order valence-electron chi connectivity index (χ2n) is 4.84. The highest BCUT2D eigenvalue weighted by molar-refractivity contribution is 9.10. The second-order valence-corrected chi connectivity index (χ2v) is 5.69. The molecule has 1 aliphatic heterocycles. The number of halogens is 1. The number of nitrogens with one attached hydrogen (secondary N) is 1. The highest BCUT2D eigenvalue weighted by Crippen LogP contribution is 2.33. The van der Waals surface area contributed by atoms with Gasteiger partial charge in [-0.2, -0.15) is 4.98 Å². The van der Waals surface area contributed by atoms with E-state index in [0.29, 0.717) is 22.8 Å². The first-order valence-corrected chi connectivity index (χ1v) is 6.83. The first-order valence-electron chi connectivity index (χ1n) is 6.04. The summed E-state index contributed by atoms with van der Waals surface area (Å²) in [4.78, 5) is 22.5. The predicted molar refractivity (Wildman–Crippen MR) is 75.3 cm³/mol. The third kappa shape index (κ3) is 2.65. The molecule has 7 heteroatoms. The number of rotatable bonds is 3. The van der Waals surface area contributed by atoms with Crippen LogP contribution < -0.4 is 15.0 Å². The zero-order chi connectivity index (χ0) is 14.0. The third-order valence-electron chi connectivity index (χ3n) is 3.42. The Balaban J connectivity index is 2.19. The zero-order valence-electron chi connectivity index (χ0n) is 11.2. The monoisotopic (exact) mass is 328 g/mol. The Bertz CT molecular complexity index is 497. The number of ether oxygens (including phenoxy) is 1. The van der Waals surface area contributed by atoms with Crippen LogP contribution >= 0.6 is 15.9 Å². The molecular weight excluding hydrogens is 312 g/mol. The number of hydrogen-bond donors (Lipinski definition) is 1. The Kier molecular flexibility index (Phi) is 3.93. The molecule has 1 atom stereocenters. The Hall–Kier alpha value is -1.37. The molecule has 1 aliphatic rings. The molecule has 2 rings (SSSR count). The summed E-state index contributed by atoms with van der Waals surface area (Å²) in [6.45, 7) is 3.33. The summed E-state index contributed by atoms with van der Waals surface area (Å²) in [5.74, 6) is 1.14. The Morgan fingerprint density at radius 3 is 3.00 bits per heavy atom. The molecule has 0 bridgehead atoms. The molecule has 2 heterocycles. The summed E-state index contributed by atoms with van der Waals surface area (Å²) in [5, 5.41) is 2.71. The smallest absolute Gasteiger partial charge is 0.232 e.